The number of sulfonamides is 1. The topological polar surface area (TPSA) is 131 Å². The van der Waals surface area contributed by atoms with Gasteiger partial charge in [-0.25, -0.2) is 23.0 Å². The van der Waals surface area contributed by atoms with Crippen LogP contribution >= 0.6 is 0 Å². The van der Waals surface area contributed by atoms with E-state index in [4.69, 9.17) is 14.6 Å². The molecule has 2 N–H and O–H groups in total. The summed E-state index contributed by atoms with van der Waals surface area (Å²) in [5, 5.41) is 10.2. The third kappa shape index (κ3) is 5.71. The van der Waals surface area contributed by atoms with Gasteiger partial charge in [0.25, 0.3) is 5.56 Å². The summed E-state index contributed by atoms with van der Waals surface area (Å²) in [5.74, 6) is -0.250. The number of nitrogens with two attached hydrogens (primary N) is 1. The highest BCUT2D eigenvalue weighted by Gasteiger charge is 2.18. The van der Waals surface area contributed by atoms with E-state index < -0.39 is 16.0 Å². The first kappa shape index (κ1) is 23.4. The van der Waals surface area contributed by atoms with E-state index >= 15 is 0 Å². The van der Waals surface area contributed by atoms with E-state index in [1.807, 2.05) is 0 Å². The quantitative estimate of drug-likeness (QED) is 0.364. The Morgan fingerprint density at radius 3 is 2.38 bits per heavy atom. The molecule has 0 spiro atoms. The SMILES string of the molecule is CCCCCn1nc(C(=O)OCCOc2ccc(S(N)(=O)=O)cc2)c2ccccc2c1=O. The molecule has 0 aliphatic rings. The number of hydrogen-bond donors (Lipinski definition) is 1. The van der Waals surface area contributed by atoms with Gasteiger partial charge in [-0.2, -0.15) is 5.10 Å². The second-order valence-corrected chi connectivity index (χ2v) is 8.69. The third-order valence-electron chi connectivity index (χ3n) is 4.77. The standard InChI is InChI=1S/C22H25N3O6S/c1-2-3-6-13-25-21(26)19-8-5-4-7-18(19)20(24-25)22(27)31-15-14-30-16-9-11-17(12-10-16)32(23,28)29/h4-5,7-12H,2-3,6,13-15H2,1H3,(H2,23,28,29). The van der Waals surface area contributed by atoms with Gasteiger partial charge in [0.15, 0.2) is 5.69 Å². The number of aromatic nitrogens is 2. The lowest BCUT2D eigenvalue weighted by Gasteiger charge is -2.11. The van der Waals surface area contributed by atoms with Crippen LogP contribution in [0.2, 0.25) is 0 Å². The van der Waals surface area contributed by atoms with Crippen LogP contribution in [0.1, 0.15) is 36.7 Å². The lowest BCUT2D eigenvalue weighted by atomic mass is 10.1. The Morgan fingerprint density at radius 2 is 1.72 bits per heavy atom. The van der Waals surface area contributed by atoms with Gasteiger partial charge in [-0.1, -0.05) is 38.0 Å². The maximum Gasteiger partial charge on any atom is 0.359 e. The van der Waals surface area contributed by atoms with E-state index in [0.717, 1.165) is 19.3 Å². The van der Waals surface area contributed by atoms with E-state index in [-0.39, 0.29) is 29.4 Å². The van der Waals surface area contributed by atoms with Crippen molar-refractivity contribution in [2.24, 2.45) is 5.14 Å². The van der Waals surface area contributed by atoms with Crippen molar-refractivity contribution in [3.05, 3.63) is 64.6 Å². The zero-order chi connectivity index (χ0) is 23.1. The fourth-order valence-corrected chi connectivity index (χ4v) is 3.65. The molecule has 32 heavy (non-hydrogen) atoms. The largest absolute Gasteiger partial charge is 0.490 e. The Labute approximate surface area is 185 Å². The van der Waals surface area contributed by atoms with E-state index in [2.05, 4.69) is 12.0 Å². The molecule has 0 saturated heterocycles. The van der Waals surface area contributed by atoms with Crippen molar-refractivity contribution < 1.29 is 22.7 Å². The molecule has 170 valence electrons. The van der Waals surface area contributed by atoms with Crippen molar-refractivity contribution in [1.29, 1.82) is 0 Å². The number of carbonyl (C=O) groups is 1. The summed E-state index contributed by atoms with van der Waals surface area (Å²) in [7, 11) is -3.78. The monoisotopic (exact) mass is 459 g/mol. The number of carbonyl (C=O) groups excluding carboxylic acids is 1. The average molecular weight is 460 g/mol. The van der Waals surface area contributed by atoms with Gasteiger partial charge in [0, 0.05) is 11.9 Å². The van der Waals surface area contributed by atoms with Gasteiger partial charge in [0.1, 0.15) is 19.0 Å². The molecule has 0 unspecified atom stereocenters. The molecule has 0 saturated carbocycles. The zero-order valence-electron chi connectivity index (χ0n) is 17.7. The Kier molecular flexibility index (Phi) is 7.60. The van der Waals surface area contributed by atoms with Crippen LogP contribution in [-0.2, 0) is 21.3 Å². The summed E-state index contributed by atoms with van der Waals surface area (Å²) in [6, 6.07) is 12.4. The molecule has 0 amide bonds. The Balaban J connectivity index is 1.67. The Morgan fingerprint density at radius 1 is 1.03 bits per heavy atom. The lowest BCUT2D eigenvalue weighted by Crippen LogP contribution is -2.27. The highest BCUT2D eigenvalue weighted by molar-refractivity contribution is 7.89. The molecule has 2 aromatic carbocycles. The summed E-state index contributed by atoms with van der Waals surface area (Å²) in [6.45, 7) is 2.49. The highest BCUT2D eigenvalue weighted by atomic mass is 32.2. The molecular weight excluding hydrogens is 434 g/mol. The maximum absolute atomic E-state index is 12.7. The van der Waals surface area contributed by atoms with Crippen LogP contribution in [0, 0.1) is 0 Å². The van der Waals surface area contributed by atoms with Gasteiger partial charge in [-0.15, -0.1) is 0 Å². The molecule has 0 bridgehead atoms. The van der Waals surface area contributed by atoms with Gasteiger partial charge in [-0.05, 0) is 36.8 Å². The zero-order valence-corrected chi connectivity index (χ0v) is 18.5. The number of nitrogens with zero attached hydrogens (tertiary/aromatic N) is 2. The summed E-state index contributed by atoms with van der Waals surface area (Å²) < 4.78 is 34.6. The molecule has 1 heterocycles. The number of primary sulfonamides is 1. The third-order valence-corrected chi connectivity index (χ3v) is 5.70. The molecule has 9 nitrogen and oxygen atoms in total. The first-order valence-electron chi connectivity index (χ1n) is 10.2. The molecule has 0 fully saturated rings. The number of ether oxygens (including phenoxy) is 2. The molecule has 10 heteroatoms. The molecule has 0 aliphatic heterocycles. The fourth-order valence-electron chi connectivity index (χ4n) is 3.14. The maximum atomic E-state index is 12.7. The fraction of sp³-hybridized carbons (Fsp3) is 0.318. The van der Waals surface area contributed by atoms with Crippen LogP contribution in [0.25, 0.3) is 10.8 Å². The molecule has 1 aromatic heterocycles. The number of aryl methyl sites for hydroxylation is 1. The Bertz CT molecular complexity index is 1250. The van der Waals surface area contributed by atoms with E-state index in [0.29, 0.717) is 23.1 Å². The molecule has 3 aromatic rings. The first-order chi connectivity index (χ1) is 15.3. The van der Waals surface area contributed by atoms with E-state index in [9.17, 15) is 18.0 Å². The second kappa shape index (κ2) is 10.4. The van der Waals surface area contributed by atoms with Gasteiger partial charge < -0.3 is 9.47 Å². The van der Waals surface area contributed by atoms with E-state index in [1.165, 1.54) is 28.9 Å². The van der Waals surface area contributed by atoms with Crippen LogP contribution < -0.4 is 15.4 Å². The average Bonchev–Trinajstić information content (AvgIpc) is 2.78. The Hall–Kier alpha value is -3.24. The molecular formula is C22H25N3O6S. The summed E-state index contributed by atoms with van der Waals surface area (Å²) in [5.41, 5.74) is -0.159. The normalized spacial score (nSPS) is 11.4. The summed E-state index contributed by atoms with van der Waals surface area (Å²) in [6.07, 6.45) is 2.74. The predicted molar refractivity (Wildman–Crippen MR) is 119 cm³/mol. The van der Waals surface area contributed by atoms with Crippen molar-refractivity contribution in [1.82, 2.24) is 9.78 Å². The van der Waals surface area contributed by atoms with Gasteiger partial charge >= 0.3 is 5.97 Å². The number of benzene rings is 2. The molecule has 0 aliphatic carbocycles. The van der Waals surface area contributed by atoms with Crippen molar-refractivity contribution in [3.8, 4) is 5.75 Å². The van der Waals surface area contributed by atoms with Crippen LogP contribution in [0.3, 0.4) is 0 Å². The summed E-state index contributed by atoms with van der Waals surface area (Å²) in [4.78, 5) is 25.3. The molecule has 3 rings (SSSR count). The molecule has 0 atom stereocenters. The minimum absolute atomic E-state index is 0.0247. The van der Waals surface area contributed by atoms with E-state index in [1.54, 1.807) is 24.3 Å². The van der Waals surface area contributed by atoms with Gasteiger partial charge in [0.2, 0.25) is 10.0 Å². The minimum Gasteiger partial charge on any atom is -0.490 e. The van der Waals surface area contributed by atoms with Crippen molar-refractivity contribution in [2.75, 3.05) is 13.2 Å². The van der Waals surface area contributed by atoms with Crippen LogP contribution in [0.4, 0.5) is 0 Å². The van der Waals surface area contributed by atoms with Crippen molar-refractivity contribution in [2.45, 2.75) is 37.6 Å². The lowest BCUT2D eigenvalue weighted by molar-refractivity contribution is 0.0443. The predicted octanol–water partition coefficient (Wildman–Crippen LogP) is 2.47. The van der Waals surface area contributed by atoms with Crippen molar-refractivity contribution in [3.63, 3.8) is 0 Å². The van der Waals surface area contributed by atoms with Crippen LogP contribution in [0.15, 0.2) is 58.2 Å². The van der Waals surface area contributed by atoms with Crippen molar-refractivity contribution >= 4 is 26.8 Å². The van der Waals surface area contributed by atoms with Crippen LogP contribution in [-0.4, -0.2) is 37.4 Å². The van der Waals surface area contributed by atoms with Gasteiger partial charge in [-0.3, -0.25) is 4.79 Å². The smallest absolute Gasteiger partial charge is 0.359 e. The number of esters is 1. The first-order valence-corrected chi connectivity index (χ1v) is 11.8. The highest BCUT2D eigenvalue weighted by Crippen LogP contribution is 2.16. The van der Waals surface area contributed by atoms with Crippen LogP contribution in [0.5, 0.6) is 5.75 Å². The summed E-state index contributed by atoms with van der Waals surface area (Å²) >= 11 is 0. The minimum atomic E-state index is -3.78. The number of fused-ring (bicyclic) bond motifs is 1. The number of hydrogen-bond acceptors (Lipinski definition) is 7. The van der Waals surface area contributed by atoms with Gasteiger partial charge in [0.05, 0.1) is 10.3 Å². The number of rotatable bonds is 10. The second-order valence-electron chi connectivity index (χ2n) is 7.13. The number of unbranched alkanes of at least 4 members (excludes halogenated alkanes) is 2. The molecule has 0 radical (unpaired) electrons.